The zero-order valence-corrected chi connectivity index (χ0v) is 9.62. The van der Waals surface area contributed by atoms with E-state index in [0.717, 1.165) is 13.0 Å². The molecule has 1 rings (SSSR count). The van der Waals surface area contributed by atoms with Gasteiger partial charge in [0.1, 0.15) is 5.82 Å². The lowest BCUT2D eigenvalue weighted by atomic mass is 10.0. The van der Waals surface area contributed by atoms with Crippen LogP contribution < -0.4 is 5.32 Å². The zero-order valence-electron chi connectivity index (χ0n) is 9.62. The van der Waals surface area contributed by atoms with E-state index in [9.17, 15) is 0 Å². The molecule has 1 heterocycles. The molecule has 0 saturated heterocycles. The molecular formula is C11H21N3. The van der Waals surface area contributed by atoms with E-state index in [4.69, 9.17) is 0 Å². The third-order valence-corrected chi connectivity index (χ3v) is 2.56. The first-order chi connectivity index (χ1) is 6.65. The van der Waals surface area contributed by atoms with E-state index in [1.807, 2.05) is 12.4 Å². The van der Waals surface area contributed by atoms with Gasteiger partial charge in [0.05, 0.1) is 0 Å². The average molecular weight is 195 g/mol. The van der Waals surface area contributed by atoms with Crippen LogP contribution in [0.3, 0.4) is 0 Å². The minimum Gasteiger partial charge on any atom is -0.338 e. The molecule has 3 nitrogen and oxygen atoms in total. The van der Waals surface area contributed by atoms with Crippen molar-refractivity contribution >= 4 is 0 Å². The van der Waals surface area contributed by atoms with Crippen LogP contribution in [0.4, 0.5) is 0 Å². The maximum atomic E-state index is 4.36. The molecular weight excluding hydrogens is 174 g/mol. The van der Waals surface area contributed by atoms with E-state index < -0.39 is 0 Å². The number of aryl methyl sites for hydroxylation is 1. The molecule has 1 aromatic heterocycles. The van der Waals surface area contributed by atoms with Gasteiger partial charge in [0.25, 0.3) is 0 Å². The molecule has 1 N–H and O–H groups in total. The Bertz CT molecular complexity index is 267. The maximum absolute atomic E-state index is 4.36. The van der Waals surface area contributed by atoms with Gasteiger partial charge in [-0.1, -0.05) is 13.8 Å². The number of nitrogens with zero attached hydrogens (tertiary/aromatic N) is 2. The van der Waals surface area contributed by atoms with E-state index >= 15 is 0 Å². The fourth-order valence-electron chi connectivity index (χ4n) is 1.92. The van der Waals surface area contributed by atoms with Crippen molar-refractivity contribution in [1.29, 1.82) is 0 Å². The van der Waals surface area contributed by atoms with Crippen LogP contribution in [0.15, 0.2) is 12.4 Å². The van der Waals surface area contributed by atoms with Gasteiger partial charge >= 0.3 is 0 Å². The van der Waals surface area contributed by atoms with Gasteiger partial charge in [-0.2, -0.15) is 0 Å². The quantitative estimate of drug-likeness (QED) is 0.778. The monoisotopic (exact) mass is 195 g/mol. The first kappa shape index (κ1) is 11.2. The SMILES string of the molecule is CCNC(C)CC(C)c1nccn1C. The normalized spacial score (nSPS) is 15.4. The van der Waals surface area contributed by atoms with Gasteiger partial charge in [-0.3, -0.25) is 0 Å². The first-order valence-electron chi connectivity index (χ1n) is 5.35. The molecule has 2 unspecified atom stereocenters. The van der Waals surface area contributed by atoms with Crippen LogP contribution >= 0.6 is 0 Å². The van der Waals surface area contributed by atoms with E-state index in [-0.39, 0.29) is 0 Å². The lowest BCUT2D eigenvalue weighted by Gasteiger charge is -2.17. The molecule has 2 atom stereocenters. The first-order valence-corrected chi connectivity index (χ1v) is 5.35. The molecule has 0 amide bonds. The Hall–Kier alpha value is -0.830. The van der Waals surface area contributed by atoms with Crippen LogP contribution in [0.5, 0.6) is 0 Å². The van der Waals surface area contributed by atoms with Gasteiger partial charge in [-0.25, -0.2) is 4.98 Å². The van der Waals surface area contributed by atoms with E-state index in [1.54, 1.807) is 0 Å². The lowest BCUT2D eigenvalue weighted by Crippen LogP contribution is -2.27. The van der Waals surface area contributed by atoms with Gasteiger partial charge in [-0.05, 0) is 19.9 Å². The number of aromatic nitrogens is 2. The third-order valence-electron chi connectivity index (χ3n) is 2.56. The highest BCUT2D eigenvalue weighted by Gasteiger charge is 2.13. The molecule has 0 aromatic carbocycles. The van der Waals surface area contributed by atoms with Gasteiger partial charge in [0.15, 0.2) is 0 Å². The minimum atomic E-state index is 0.518. The zero-order chi connectivity index (χ0) is 10.6. The van der Waals surface area contributed by atoms with Crippen molar-refractivity contribution in [2.75, 3.05) is 6.54 Å². The van der Waals surface area contributed by atoms with Crippen molar-refractivity contribution in [2.45, 2.75) is 39.2 Å². The third kappa shape index (κ3) is 2.84. The second-order valence-corrected chi connectivity index (χ2v) is 3.99. The summed E-state index contributed by atoms with van der Waals surface area (Å²) in [6.07, 6.45) is 5.01. The molecule has 0 aliphatic heterocycles. The fraction of sp³-hybridized carbons (Fsp3) is 0.727. The van der Waals surface area contributed by atoms with Crippen molar-refractivity contribution < 1.29 is 0 Å². The Balaban J connectivity index is 2.50. The maximum Gasteiger partial charge on any atom is 0.111 e. The summed E-state index contributed by atoms with van der Waals surface area (Å²) < 4.78 is 2.10. The second-order valence-electron chi connectivity index (χ2n) is 3.99. The highest BCUT2D eigenvalue weighted by atomic mass is 15.0. The molecule has 14 heavy (non-hydrogen) atoms. The van der Waals surface area contributed by atoms with Crippen molar-refractivity contribution in [2.24, 2.45) is 7.05 Å². The average Bonchev–Trinajstić information content (AvgIpc) is 2.51. The molecule has 0 fully saturated rings. The standard InChI is InChI=1S/C11H21N3/c1-5-12-10(3)8-9(2)11-13-6-7-14(11)4/h6-7,9-10,12H,5,8H2,1-4H3. The van der Waals surface area contributed by atoms with Gasteiger partial charge in [-0.15, -0.1) is 0 Å². The van der Waals surface area contributed by atoms with Crippen LogP contribution in [-0.2, 0) is 7.05 Å². The molecule has 0 aliphatic rings. The number of imidazole rings is 1. The number of hydrogen-bond donors (Lipinski definition) is 1. The van der Waals surface area contributed by atoms with Gasteiger partial charge < -0.3 is 9.88 Å². The fourth-order valence-corrected chi connectivity index (χ4v) is 1.92. The summed E-state index contributed by atoms with van der Waals surface area (Å²) >= 11 is 0. The molecule has 80 valence electrons. The summed E-state index contributed by atoms with van der Waals surface area (Å²) in [5, 5.41) is 3.42. The van der Waals surface area contributed by atoms with Crippen LogP contribution in [-0.4, -0.2) is 22.1 Å². The lowest BCUT2D eigenvalue weighted by molar-refractivity contribution is 0.474. The molecule has 0 bridgehead atoms. The summed E-state index contributed by atoms with van der Waals surface area (Å²) in [5.41, 5.74) is 0. The molecule has 0 radical (unpaired) electrons. The predicted octanol–water partition coefficient (Wildman–Crippen LogP) is 1.91. The second kappa shape index (κ2) is 5.15. The van der Waals surface area contributed by atoms with Crippen LogP contribution in [0.1, 0.15) is 38.9 Å². The Labute approximate surface area is 86.5 Å². The summed E-state index contributed by atoms with van der Waals surface area (Å²) in [6, 6.07) is 0.562. The van der Waals surface area contributed by atoms with Crippen molar-refractivity contribution in [3.05, 3.63) is 18.2 Å². The molecule has 3 heteroatoms. The van der Waals surface area contributed by atoms with Crippen LogP contribution in [0.2, 0.25) is 0 Å². The van der Waals surface area contributed by atoms with Crippen molar-refractivity contribution in [1.82, 2.24) is 14.9 Å². The minimum absolute atomic E-state index is 0.518. The number of nitrogens with one attached hydrogen (secondary N) is 1. The van der Waals surface area contributed by atoms with Crippen LogP contribution in [0, 0.1) is 0 Å². The molecule has 0 saturated carbocycles. The van der Waals surface area contributed by atoms with Gasteiger partial charge in [0.2, 0.25) is 0 Å². The van der Waals surface area contributed by atoms with Crippen molar-refractivity contribution in [3.63, 3.8) is 0 Å². The predicted molar refractivity (Wildman–Crippen MR) is 59.4 cm³/mol. The van der Waals surface area contributed by atoms with E-state index in [2.05, 4.69) is 42.7 Å². The highest BCUT2D eigenvalue weighted by molar-refractivity contribution is 4.98. The Morgan fingerprint density at radius 1 is 1.50 bits per heavy atom. The summed E-state index contributed by atoms with van der Waals surface area (Å²) in [5.74, 6) is 1.69. The summed E-state index contributed by atoms with van der Waals surface area (Å²) in [7, 11) is 2.05. The summed E-state index contributed by atoms with van der Waals surface area (Å²) in [4.78, 5) is 4.36. The molecule has 0 aliphatic carbocycles. The Kier molecular flexibility index (Phi) is 4.14. The number of hydrogen-bond acceptors (Lipinski definition) is 2. The Morgan fingerprint density at radius 3 is 2.71 bits per heavy atom. The topological polar surface area (TPSA) is 29.9 Å². The van der Waals surface area contributed by atoms with Gasteiger partial charge in [0, 0.05) is 31.4 Å². The van der Waals surface area contributed by atoms with E-state index in [0.29, 0.717) is 12.0 Å². The largest absolute Gasteiger partial charge is 0.338 e. The van der Waals surface area contributed by atoms with Crippen LogP contribution in [0.25, 0.3) is 0 Å². The Morgan fingerprint density at radius 2 is 2.21 bits per heavy atom. The highest BCUT2D eigenvalue weighted by Crippen LogP contribution is 2.17. The number of rotatable bonds is 5. The molecule has 1 aromatic rings. The molecule has 0 spiro atoms. The van der Waals surface area contributed by atoms with E-state index in [1.165, 1.54) is 5.82 Å². The van der Waals surface area contributed by atoms with Crippen molar-refractivity contribution in [3.8, 4) is 0 Å². The smallest absolute Gasteiger partial charge is 0.111 e. The summed E-state index contributed by atoms with van der Waals surface area (Å²) in [6.45, 7) is 7.63.